The maximum Gasteiger partial charge on any atom is 0.335 e. The summed E-state index contributed by atoms with van der Waals surface area (Å²) in [5.41, 5.74) is -0.273. The second-order valence-corrected chi connectivity index (χ2v) is 7.42. The third-order valence-corrected chi connectivity index (χ3v) is 5.55. The lowest BCUT2D eigenvalue weighted by Gasteiger charge is -2.26. The van der Waals surface area contributed by atoms with Crippen LogP contribution in [0.1, 0.15) is 37.0 Å². The Morgan fingerprint density at radius 2 is 2.05 bits per heavy atom. The molecule has 1 aromatic carbocycles. The summed E-state index contributed by atoms with van der Waals surface area (Å²) in [5.74, 6) is -1.99. The minimum atomic E-state index is -3.96. The Kier molecular flexibility index (Phi) is 4.34. The van der Waals surface area contributed by atoms with Gasteiger partial charge in [-0.3, -0.25) is 0 Å². The largest absolute Gasteiger partial charge is 0.478 e. The Hall–Kier alpha value is -1.47. The standard InChI is InChI=1S/C14H18FNO4S/c1-9(2)16(8-10-3-4-10)21(19,20)13-6-5-11(14(17)18)7-12(13)15/h5-7,9-10H,3-4,8H2,1-2H3,(H,17,18). The second kappa shape index (κ2) is 5.73. The van der Waals surface area contributed by atoms with E-state index in [1.807, 2.05) is 0 Å². The summed E-state index contributed by atoms with van der Waals surface area (Å²) >= 11 is 0. The molecule has 1 fully saturated rings. The van der Waals surface area contributed by atoms with Gasteiger partial charge < -0.3 is 5.11 Å². The molecule has 0 radical (unpaired) electrons. The summed E-state index contributed by atoms with van der Waals surface area (Å²) in [6.45, 7) is 3.85. The Bertz CT molecular complexity index is 653. The van der Waals surface area contributed by atoms with Gasteiger partial charge in [0.25, 0.3) is 0 Å². The molecule has 21 heavy (non-hydrogen) atoms. The molecule has 1 saturated carbocycles. The number of hydrogen-bond acceptors (Lipinski definition) is 3. The maximum absolute atomic E-state index is 14.0. The highest BCUT2D eigenvalue weighted by molar-refractivity contribution is 7.89. The first-order valence-electron chi connectivity index (χ1n) is 6.78. The third-order valence-electron chi connectivity index (χ3n) is 3.48. The molecule has 5 nitrogen and oxygen atoms in total. The smallest absolute Gasteiger partial charge is 0.335 e. The second-order valence-electron chi connectivity index (χ2n) is 5.56. The van der Waals surface area contributed by atoms with Crippen LogP contribution in [0.15, 0.2) is 23.1 Å². The molecule has 0 bridgehead atoms. The summed E-state index contributed by atoms with van der Waals surface area (Å²) in [7, 11) is -3.96. The summed E-state index contributed by atoms with van der Waals surface area (Å²) in [4.78, 5) is 10.3. The van der Waals surface area contributed by atoms with E-state index in [2.05, 4.69) is 0 Å². The van der Waals surface area contributed by atoms with Crippen LogP contribution in [0.25, 0.3) is 0 Å². The van der Waals surface area contributed by atoms with E-state index in [0.29, 0.717) is 12.5 Å². The summed E-state index contributed by atoms with van der Waals surface area (Å²) in [5, 5.41) is 8.80. The predicted octanol–water partition coefficient (Wildman–Crippen LogP) is 2.33. The van der Waals surface area contributed by atoms with E-state index in [-0.39, 0.29) is 11.6 Å². The molecular formula is C14H18FNO4S. The van der Waals surface area contributed by atoms with E-state index in [1.54, 1.807) is 13.8 Å². The molecule has 0 heterocycles. The van der Waals surface area contributed by atoms with Gasteiger partial charge in [-0.15, -0.1) is 0 Å². The minimum absolute atomic E-state index is 0.273. The lowest BCUT2D eigenvalue weighted by Crippen LogP contribution is -2.38. The zero-order valence-corrected chi connectivity index (χ0v) is 12.7. The van der Waals surface area contributed by atoms with Crippen molar-refractivity contribution in [3.63, 3.8) is 0 Å². The topological polar surface area (TPSA) is 74.7 Å². The SMILES string of the molecule is CC(C)N(CC1CC1)S(=O)(=O)c1ccc(C(=O)O)cc1F. The first-order chi connectivity index (χ1) is 9.73. The van der Waals surface area contributed by atoms with Crippen molar-refractivity contribution in [2.45, 2.75) is 37.6 Å². The highest BCUT2D eigenvalue weighted by Gasteiger charge is 2.34. The Morgan fingerprint density at radius 3 is 2.48 bits per heavy atom. The third kappa shape index (κ3) is 3.41. The van der Waals surface area contributed by atoms with Crippen molar-refractivity contribution in [2.75, 3.05) is 6.54 Å². The van der Waals surface area contributed by atoms with Crippen LogP contribution in [-0.4, -0.2) is 36.4 Å². The van der Waals surface area contributed by atoms with Crippen LogP contribution < -0.4 is 0 Å². The van der Waals surface area contributed by atoms with Gasteiger partial charge in [0, 0.05) is 12.6 Å². The number of carboxylic acid groups (broad SMARTS) is 1. The monoisotopic (exact) mass is 315 g/mol. The summed E-state index contributed by atoms with van der Waals surface area (Å²) in [6, 6.07) is 2.59. The first-order valence-corrected chi connectivity index (χ1v) is 8.22. The van der Waals surface area contributed by atoms with Crippen LogP contribution in [-0.2, 0) is 10.0 Å². The van der Waals surface area contributed by atoms with Crippen LogP contribution in [0, 0.1) is 11.7 Å². The quantitative estimate of drug-likeness (QED) is 0.874. The van der Waals surface area contributed by atoms with Crippen molar-refractivity contribution in [3.8, 4) is 0 Å². The molecule has 1 aliphatic carbocycles. The number of carbonyl (C=O) groups is 1. The Labute approximate surface area is 123 Å². The van der Waals surface area contributed by atoms with Crippen molar-refractivity contribution in [3.05, 3.63) is 29.6 Å². The van der Waals surface area contributed by atoms with Crippen molar-refractivity contribution in [2.24, 2.45) is 5.92 Å². The first kappa shape index (κ1) is 15.9. The van der Waals surface area contributed by atoms with Gasteiger partial charge >= 0.3 is 5.97 Å². The van der Waals surface area contributed by atoms with Gasteiger partial charge in [0.05, 0.1) is 5.56 Å². The molecule has 0 spiro atoms. The number of rotatable bonds is 6. The lowest BCUT2D eigenvalue weighted by atomic mass is 10.2. The van der Waals surface area contributed by atoms with Crippen LogP contribution in [0.4, 0.5) is 4.39 Å². The zero-order chi connectivity index (χ0) is 15.8. The number of nitrogens with zero attached hydrogens (tertiary/aromatic N) is 1. The molecule has 0 aromatic heterocycles. The van der Waals surface area contributed by atoms with E-state index < -0.39 is 26.7 Å². The van der Waals surface area contributed by atoms with Gasteiger partial charge in [0.2, 0.25) is 10.0 Å². The molecule has 2 rings (SSSR count). The molecular weight excluding hydrogens is 297 g/mol. The summed E-state index contributed by atoms with van der Waals surface area (Å²) in [6.07, 6.45) is 1.97. The molecule has 0 unspecified atom stereocenters. The molecule has 0 atom stereocenters. The van der Waals surface area contributed by atoms with Gasteiger partial charge in [-0.25, -0.2) is 17.6 Å². The van der Waals surface area contributed by atoms with Gasteiger partial charge in [0.1, 0.15) is 10.7 Å². The van der Waals surface area contributed by atoms with Crippen molar-refractivity contribution < 1.29 is 22.7 Å². The molecule has 0 aliphatic heterocycles. The molecule has 116 valence electrons. The van der Waals surface area contributed by atoms with Crippen LogP contribution in [0.3, 0.4) is 0 Å². The number of benzene rings is 1. The van der Waals surface area contributed by atoms with Crippen LogP contribution in [0.2, 0.25) is 0 Å². The highest BCUT2D eigenvalue weighted by atomic mass is 32.2. The summed E-state index contributed by atoms with van der Waals surface area (Å²) < 4.78 is 40.5. The lowest BCUT2D eigenvalue weighted by molar-refractivity contribution is 0.0696. The number of carboxylic acids is 1. The Balaban J connectivity index is 2.39. The molecule has 1 aromatic rings. The fraction of sp³-hybridized carbons (Fsp3) is 0.500. The maximum atomic E-state index is 14.0. The zero-order valence-electron chi connectivity index (χ0n) is 11.9. The normalized spacial score (nSPS) is 15.7. The number of hydrogen-bond donors (Lipinski definition) is 1. The number of sulfonamides is 1. The van der Waals surface area contributed by atoms with E-state index in [1.165, 1.54) is 4.31 Å². The van der Waals surface area contributed by atoms with Crippen molar-refractivity contribution >= 4 is 16.0 Å². The molecule has 0 saturated heterocycles. The van der Waals surface area contributed by atoms with Gasteiger partial charge in [0.15, 0.2) is 0 Å². The Morgan fingerprint density at radius 1 is 1.43 bits per heavy atom. The average molecular weight is 315 g/mol. The number of halogens is 1. The number of aromatic carboxylic acids is 1. The van der Waals surface area contributed by atoms with E-state index in [9.17, 15) is 17.6 Å². The van der Waals surface area contributed by atoms with E-state index in [4.69, 9.17) is 5.11 Å². The van der Waals surface area contributed by atoms with Gasteiger partial charge in [-0.2, -0.15) is 4.31 Å². The highest BCUT2D eigenvalue weighted by Crippen LogP contribution is 2.33. The van der Waals surface area contributed by atoms with Crippen molar-refractivity contribution in [1.29, 1.82) is 0 Å². The molecule has 7 heteroatoms. The van der Waals surface area contributed by atoms with Crippen molar-refractivity contribution in [1.82, 2.24) is 4.31 Å². The van der Waals surface area contributed by atoms with Crippen LogP contribution >= 0.6 is 0 Å². The molecule has 1 aliphatic rings. The minimum Gasteiger partial charge on any atom is -0.478 e. The average Bonchev–Trinajstić information content (AvgIpc) is 3.18. The molecule has 1 N–H and O–H groups in total. The van der Waals surface area contributed by atoms with E-state index in [0.717, 1.165) is 31.0 Å². The molecule has 0 amide bonds. The van der Waals surface area contributed by atoms with E-state index >= 15 is 0 Å². The predicted molar refractivity (Wildman–Crippen MR) is 75.1 cm³/mol. The fourth-order valence-electron chi connectivity index (χ4n) is 2.11. The van der Waals surface area contributed by atoms with Gasteiger partial charge in [-0.1, -0.05) is 0 Å². The van der Waals surface area contributed by atoms with Crippen LogP contribution in [0.5, 0.6) is 0 Å². The van der Waals surface area contributed by atoms with Gasteiger partial charge in [-0.05, 0) is 50.8 Å². The fourth-order valence-corrected chi connectivity index (χ4v) is 3.87.